The molecule has 69 heavy (non-hydrogen) atoms. The van der Waals surface area contributed by atoms with Crippen molar-refractivity contribution in [2.45, 2.75) is 26.2 Å². The third-order valence-electron chi connectivity index (χ3n) is 13.6. The summed E-state index contributed by atoms with van der Waals surface area (Å²) in [7, 11) is 0. The first-order chi connectivity index (χ1) is 38.0. The van der Waals surface area contributed by atoms with Crippen molar-refractivity contribution in [3.05, 3.63) is 218 Å². The molecule has 6 nitrogen and oxygen atoms in total. The second kappa shape index (κ2) is 14.9. The van der Waals surface area contributed by atoms with Crippen LogP contribution in [0.1, 0.15) is 40.0 Å². The van der Waals surface area contributed by atoms with Crippen molar-refractivity contribution in [1.82, 2.24) is 14.1 Å². The topological polar surface area (TPSA) is 45.1 Å². The van der Waals surface area contributed by atoms with Crippen molar-refractivity contribution < 1.29 is 27.7 Å². The van der Waals surface area contributed by atoms with Crippen LogP contribution in [0.5, 0.6) is 23.0 Å². The highest BCUT2D eigenvalue weighted by Gasteiger charge is 2.40. The van der Waals surface area contributed by atoms with Gasteiger partial charge in [0, 0.05) is 23.0 Å². The maximum absolute atomic E-state index is 9.11. The minimum absolute atomic E-state index is 0.135. The van der Waals surface area contributed by atoms with Crippen LogP contribution in [0, 0.1) is 6.33 Å². The van der Waals surface area contributed by atoms with Crippen molar-refractivity contribution in [2.24, 2.45) is 0 Å². The monoisotopic (exact) mass is 896 g/mol. The number of imidazole rings is 1. The van der Waals surface area contributed by atoms with E-state index in [4.69, 9.17) is 28.2 Å². The van der Waals surface area contributed by atoms with Crippen LogP contribution in [0.2, 0.25) is 0 Å². The molecule has 0 amide bonds. The number of rotatable bonds is 7. The predicted octanol–water partition coefficient (Wildman–Crippen LogP) is 12.7. The second-order valence-corrected chi connectivity index (χ2v) is 18.6. The molecule has 0 unspecified atom stereocenters. The molecule has 3 aromatic heterocycles. The van der Waals surface area contributed by atoms with Gasteiger partial charge in [0.15, 0.2) is 0 Å². The van der Waals surface area contributed by atoms with Gasteiger partial charge < -0.3 is 9.47 Å². The van der Waals surface area contributed by atoms with Crippen LogP contribution >= 0.6 is 0 Å². The fourth-order valence-corrected chi connectivity index (χ4v) is 10.6. The van der Waals surface area contributed by atoms with E-state index in [9.17, 15) is 0 Å². The lowest BCUT2D eigenvalue weighted by Crippen LogP contribution is -2.56. The van der Waals surface area contributed by atoms with E-state index in [2.05, 4.69) is 92.3 Å². The van der Waals surface area contributed by atoms with Crippen LogP contribution < -0.4 is 30.4 Å². The molecule has 326 valence electrons. The highest BCUT2D eigenvalue weighted by atomic mass is 16.5. The van der Waals surface area contributed by atoms with E-state index < -0.39 is 60.4 Å². The first-order valence-corrected chi connectivity index (χ1v) is 22.8. The summed E-state index contributed by atoms with van der Waals surface area (Å²) in [5.74, 6) is 3.48. The molecule has 0 saturated heterocycles. The van der Waals surface area contributed by atoms with Crippen molar-refractivity contribution in [1.29, 1.82) is 0 Å². The number of hydrogen-bond acceptors (Lipinski definition) is 3. The third kappa shape index (κ3) is 6.06. The summed E-state index contributed by atoms with van der Waals surface area (Å²) in [6.07, 6.45) is 5.37. The second-order valence-electron chi connectivity index (χ2n) is 18.6. The van der Waals surface area contributed by atoms with Crippen molar-refractivity contribution in [3.63, 3.8) is 0 Å². The SMILES string of the molecule is [2H]c1c([2H])c([2H])c(-c2cccc(-c3c([2H])c([2H])c([2H])c([2H])c3[2H])c2-[n+]2[c-]n(-c3cccc(Oc4cc5c6c7c8c9c(ccc8ccc7n(-c7cc(C(C)(C)C)ccn7)c6c4)Oc4ccccc4B95)c3)c3ccccc32)c([2H])c1[2H]. The molecule has 2 aliphatic rings. The molecule has 2 aliphatic heterocycles. The Morgan fingerprint density at radius 3 is 2.16 bits per heavy atom. The highest BCUT2D eigenvalue weighted by Crippen LogP contribution is 2.43. The molecular weight excluding hydrogens is 844 g/mol. The lowest BCUT2D eigenvalue weighted by atomic mass is 9.33. The first kappa shape index (κ1) is 30.6. The summed E-state index contributed by atoms with van der Waals surface area (Å²) in [6.45, 7) is 6.41. The van der Waals surface area contributed by atoms with Gasteiger partial charge in [0.1, 0.15) is 28.8 Å². The number of para-hydroxylation sites is 4. The summed E-state index contributed by atoms with van der Waals surface area (Å²) in [5, 5.41) is 4.51. The average Bonchev–Trinajstić information content (AvgIpc) is 3.37. The third-order valence-corrected chi connectivity index (χ3v) is 13.6. The Morgan fingerprint density at radius 1 is 0.623 bits per heavy atom. The fraction of sp³-hybridized carbons (Fsp3) is 0.0645. The van der Waals surface area contributed by atoms with Gasteiger partial charge in [-0.05, 0) is 110 Å². The molecule has 0 aliphatic carbocycles. The molecule has 0 fully saturated rings. The molecule has 0 bridgehead atoms. The zero-order valence-corrected chi connectivity index (χ0v) is 37.5. The minimum atomic E-state index is -0.570. The number of pyridine rings is 1. The van der Waals surface area contributed by atoms with Gasteiger partial charge in [-0.15, -0.1) is 0 Å². The van der Waals surface area contributed by atoms with Gasteiger partial charge >= 0.3 is 0 Å². The molecule has 12 aromatic rings. The van der Waals surface area contributed by atoms with Gasteiger partial charge in [0.2, 0.25) is 0 Å². The van der Waals surface area contributed by atoms with Gasteiger partial charge in [0.25, 0.3) is 13.0 Å². The van der Waals surface area contributed by atoms with Crippen molar-refractivity contribution in [2.75, 3.05) is 0 Å². The Morgan fingerprint density at radius 2 is 1.36 bits per heavy atom. The molecule has 0 atom stereocenters. The van der Waals surface area contributed by atoms with E-state index in [-0.39, 0.29) is 40.1 Å². The van der Waals surface area contributed by atoms with Gasteiger partial charge in [0.05, 0.1) is 47.1 Å². The normalized spacial score (nSPS) is 14.7. The molecule has 0 radical (unpaired) electrons. The van der Waals surface area contributed by atoms with Crippen LogP contribution in [0.3, 0.4) is 0 Å². The summed E-state index contributed by atoms with van der Waals surface area (Å²) in [5.41, 5.74) is 8.21. The van der Waals surface area contributed by atoms with Crippen molar-refractivity contribution in [3.8, 4) is 62.4 Å². The Balaban J connectivity index is 0.976. The van der Waals surface area contributed by atoms with Crippen molar-refractivity contribution >= 4 is 66.7 Å². The first-order valence-electron chi connectivity index (χ1n) is 27.8. The average molecular weight is 897 g/mol. The lowest BCUT2D eigenvalue weighted by molar-refractivity contribution is -0.571. The fourth-order valence-electron chi connectivity index (χ4n) is 10.6. The number of benzene rings is 9. The van der Waals surface area contributed by atoms with E-state index in [1.165, 1.54) is 0 Å². The smallest absolute Gasteiger partial charge is 0.269 e. The maximum atomic E-state index is 9.11. The summed E-state index contributed by atoms with van der Waals surface area (Å²) < 4.78 is 107. The lowest BCUT2D eigenvalue weighted by Gasteiger charge is -2.31. The molecule has 5 heterocycles. The van der Waals surface area contributed by atoms with E-state index in [1.54, 1.807) is 22.8 Å². The molecule has 0 saturated carbocycles. The van der Waals surface area contributed by atoms with Gasteiger partial charge in [-0.25, -0.2) is 4.98 Å². The molecule has 0 spiro atoms. The van der Waals surface area contributed by atoms with Gasteiger partial charge in [-0.2, -0.15) is 0 Å². The molecule has 9 aromatic carbocycles. The van der Waals surface area contributed by atoms with Gasteiger partial charge in [-0.3, -0.25) is 13.7 Å². The Bertz CT molecular complexity index is 4560. The van der Waals surface area contributed by atoms with Crippen LogP contribution in [0.25, 0.3) is 83.1 Å². The van der Waals surface area contributed by atoms with Gasteiger partial charge in [-0.1, -0.05) is 166 Å². The quantitative estimate of drug-likeness (QED) is 0.0909. The van der Waals surface area contributed by atoms with Crippen LogP contribution in [-0.2, 0) is 5.41 Å². The minimum Gasteiger partial charge on any atom is -0.458 e. The molecule has 7 heteroatoms. The van der Waals surface area contributed by atoms with E-state index in [0.717, 1.165) is 71.8 Å². The number of fused-ring (bicyclic) bond motifs is 4. The Kier molecular flexibility index (Phi) is 6.61. The highest BCUT2D eigenvalue weighted by molar-refractivity contribution is 7.01. The summed E-state index contributed by atoms with van der Waals surface area (Å²) >= 11 is 0. The van der Waals surface area contributed by atoms with E-state index >= 15 is 0 Å². The maximum Gasteiger partial charge on any atom is 0.269 e. The van der Waals surface area contributed by atoms with Crippen LogP contribution in [0.15, 0.2) is 206 Å². The number of nitrogens with zero attached hydrogens (tertiary/aromatic N) is 4. The summed E-state index contributed by atoms with van der Waals surface area (Å²) in [6, 6.07) is 39.8. The summed E-state index contributed by atoms with van der Waals surface area (Å²) in [4.78, 5) is 5.02. The number of ether oxygens (including phenoxy) is 2. The van der Waals surface area contributed by atoms with Crippen LogP contribution in [0.4, 0.5) is 0 Å². The van der Waals surface area contributed by atoms with Crippen LogP contribution in [-0.4, -0.2) is 20.8 Å². The Labute approximate surface area is 414 Å². The van der Waals surface area contributed by atoms with E-state index in [1.807, 2.05) is 71.4 Å². The zero-order valence-electron chi connectivity index (χ0n) is 47.5. The molecular formula is C62H43BN4O2. The predicted molar refractivity (Wildman–Crippen MR) is 281 cm³/mol. The number of aromatic nitrogens is 4. The number of hydrogen-bond donors (Lipinski definition) is 0. The molecule has 14 rings (SSSR count). The zero-order chi connectivity index (χ0) is 54.7. The molecule has 0 N–H and O–H groups in total. The Hall–Kier alpha value is -8.68. The standard InChI is InChI=1S/C62H43BN4O2/c1-62(2,3)42-32-33-64-56(34-42)67-52-30-28-41-29-31-55-60-57(41)59(52)58-49(63(60)48-24-10-13-27-54(48)69-55)36-45(37-53(58)67)68-44-21-14-20-43(35-44)65-38-66(51-26-12-11-25-50(51)65)61-46(39-16-6-4-7-17-39)22-15-23-47(61)40-18-8-5-9-19-40/h4-37H,1-3H3/i4D,5D,6D,7D,8D,9D,16D,17D,18D,19D. The van der Waals surface area contributed by atoms with E-state index in [0.29, 0.717) is 28.2 Å². The largest absolute Gasteiger partial charge is 0.458 e.